The summed E-state index contributed by atoms with van der Waals surface area (Å²) in [5, 5.41) is 54.4. The van der Waals surface area contributed by atoms with E-state index in [-0.39, 0.29) is 12.5 Å². The van der Waals surface area contributed by atoms with Crippen LogP contribution in [0.2, 0.25) is 0 Å². The second-order valence-corrected chi connectivity index (χ2v) is 18.3. The van der Waals surface area contributed by atoms with Crippen LogP contribution in [0.25, 0.3) is 0 Å². The number of carbonyl (C=O) groups is 1. The topological polar surface area (TPSA) is 149 Å². The number of nitrogens with one attached hydrogen (secondary N) is 1. The zero-order valence-electron chi connectivity index (χ0n) is 42.8. The number of hydrogen-bond acceptors (Lipinski definition) is 8. The Balaban J connectivity index is 2.30. The van der Waals surface area contributed by atoms with E-state index in [4.69, 9.17) is 9.47 Å². The summed E-state index contributed by atoms with van der Waals surface area (Å²) in [6, 6.07) is -0.841. The largest absolute Gasteiger partial charge is 0.394 e. The maximum atomic E-state index is 13.0. The van der Waals surface area contributed by atoms with Gasteiger partial charge in [0, 0.05) is 6.42 Å². The number of allylic oxidation sites excluding steroid dienone is 17. The third-order valence-electron chi connectivity index (χ3n) is 12.1. The summed E-state index contributed by atoms with van der Waals surface area (Å²) in [6.45, 7) is 3.62. The Morgan fingerprint density at radius 2 is 0.926 bits per heavy atom. The number of aliphatic hydroxyl groups is 5. The van der Waals surface area contributed by atoms with E-state index >= 15 is 0 Å². The third kappa shape index (κ3) is 36.8. The van der Waals surface area contributed by atoms with E-state index in [1.54, 1.807) is 6.08 Å². The van der Waals surface area contributed by atoms with E-state index < -0.39 is 49.5 Å². The highest BCUT2D eigenvalue weighted by Crippen LogP contribution is 2.22. The summed E-state index contributed by atoms with van der Waals surface area (Å²) in [7, 11) is 0. The number of ether oxygens (including phenoxy) is 2. The minimum absolute atomic E-state index is 0.205. The first-order valence-corrected chi connectivity index (χ1v) is 27.1. The van der Waals surface area contributed by atoms with E-state index in [0.29, 0.717) is 6.42 Å². The first-order valence-electron chi connectivity index (χ1n) is 27.1. The first kappa shape index (κ1) is 62.9. The van der Waals surface area contributed by atoms with Crippen LogP contribution in [0.3, 0.4) is 0 Å². The highest BCUT2D eigenvalue weighted by Gasteiger charge is 2.44. The quantitative estimate of drug-likeness (QED) is 0.0261. The monoisotopic (exact) mass is 950 g/mol. The summed E-state index contributed by atoms with van der Waals surface area (Å²) >= 11 is 0. The lowest BCUT2D eigenvalue weighted by atomic mass is 9.99. The molecule has 388 valence electrons. The number of carbonyl (C=O) groups excluding carboxylic acids is 1. The Morgan fingerprint density at radius 1 is 0.515 bits per heavy atom. The average molecular weight is 950 g/mol. The van der Waals surface area contributed by atoms with Crippen molar-refractivity contribution in [2.24, 2.45) is 0 Å². The Bertz CT molecular complexity index is 1430. The lowest BCUT2D eigenvalue weighted by molar-refractivity contribution is -0.302. The summed E-state index contributed by atoms with van der Waals surface area (Å²) in [4.78, 5) is 13.0. The zero-order valence-corrected chi connectivity index (χ0v) is 42.8. The van der Waals surface area contributed by atoms with Gasteiger partial charge in [0.25, 0.3) is 0 Å². The molecule has 6 N–H and O–H groups in total. The van der Waals surface area contributed by atoms with Gasteiger partial charge in [0.05, 0.1) is 25.4 Å². The molecule has 0 aromatic heterocycles. The fraction of sp³-hybridized carbons (Fsp3) is 0.678. The van der Waals surface area contributed by atoms with E-state index in [2.05, 4.69) is 116 Å². The van der Waals surface area contributed by atoms with Gasteiger partial charge in [-0.1, -0.05) is 207 Å². The molecule has 0 spiro atoms. The summed E-state index contributed by atoms with van der Waals surface area (Å²) in [5.74, 6) is -0.205. The molecule has 7 atom stereocenters. The van der Waals surface area contributed by atoms with Crippen molar-refractivity contribution < 1.29 is 39.8 Å². The maximum Gasteiger partial charge on any atom is 0.220 e. The third-order valence-corrected chi connectivity index (χ3v) is 12.1. The van der Waals surface area contributed by atoms with Crippen LogP contribution in [0.5, 0.6) is 0 Å². The van der Waals surface area contributed by atoms with Crippen molar-refractivity contribution in [3.8, 4) is 0 Å². The van der Waals surface area contributed by atoms with Crippen molar-refractivity contribution in [2.75, 3.05) is 13.2 Å². The lowest BCUT2D eigenvalue weighted by Gasteiger charge is -2.40. The van der Waals surface area contributed by atoms with Crippen molar-refractivity contribution in [2.45, 2.75) is 243 Å². The molecule has 1 rings (SSSR count). The molecular weight excluding hydrogens is 851 g/mol. The minimum atomic E-state index is -1.58. The van der Waals surface area contributed by atoms with Crippen LogP contribution in [-0.2, 0) is 14.3 Å². The SMILES string of the molecule is CC/C=C\C/C=C\C/C=C\C/C=C\C/C=C\C/C=C\CCCCCCCCCCC(=O)NC(COC1OC(CO)C(O)C(O)C1O)C(O)/C=C/CC/C=C/CC/C=C/CCCCCCCCCC. The van der Waals surface area contributed by atoms with Crippen LogP contribution in [-0.4, -0.2) is 87.5 Å². The highest BCUT2D eigenvalue weighted by atomic mass is 16.7. The fourth-order valence-corrected chi connectivity index (χ4v) is 7.78. The van der Waals surface area contributed by atoms with E-state index in [1.165, 1.54) is 77.0 Å². The smallest absolute Gasteiger partial charge is 0.220 e. The summed E-state index contributed by atoms with van der Waals surface area (Å²) in [6.07, 6.45) is 62.8. The van der Waals surface area contributed by atoms with Crippen LogP contribution in [0.4, 0.5) is 0 Å². The first-order chi connectivity index (χ1) is 33.3. The van der Waals surface area contributed by atoms with Gasteiger partial charge in [-0.15, -0.1) is 0 Å². The van der Waals surface area contributed by atoms with Gasteiger partial charge in [0.1, 0.15) is 24.4 Å². The van der Waals surface area contributed by atoms with Gasteiger partial charge in [0.15, 0.2) is 6.29 Å². The summed E-state index contributed by atoms with van der Waals surface area (Å²) < 4.78 is 11.2. The number of aliphatic hydroxyl groups excluding tert-OH is 5. The molecule has 0 aromatic rings. The molecule has 0 saturated carbocycles. The van der Waals surface area contributed by atoms with Crippen molar-refractivity contribution in [3.05, 3.63) is 109 Å². The molecule has 0 aromatic carbocycles. The van der Waals surface area contributed by atoms with Crippen LogP contribution < -0.4 is 5.32 Å². The van der Waals surface area contributed by atoms with Crippen molar-refractivity contribution >= 4 is 5.91 Å². The Labute approximate surface area is 415 Å². The Hall–Kier alpha value is -3.15. The average Bonchev–Trinajstić information content (AvgIpc) is 3.34. The maximum absolute atomic E-state index is 13.0. The van der Waals surface area contributed by atoms with Gasteiger partial charge in [-0.3, -0.25) is 4.79 Å². The van der Waals surface area contributed by atoms with Gasteiger partial charge in [-0.05, 0) is 96.3 Å². The van der Waals surface area contributed by atoms with Crippen molar-refractivity contribution in [1.29, 1.82) is 0 Å². The zero-order chi connectivity index (χ0) is 49.4. The van der Waals surface area contributed by atoms with Crippen molar-refractivity contribution in [1.82, 2.24) is 5.32 Å². The van der Waals surface area contributed by atoms with Crippen LogP contribution >= 0.6 is 0 Å². The molecule has 1 saturated heterocycles. The fourth-order valence-electron chi connectivity index (χ4n) is 7.78. The van der Waals surface area contributed by atoms with E-state index in [0.717, 1.165) is 103 Å². The molecular formula is C59H99NO8. The molecule has 0 aliphatic carbocycles. The molecule has 7 unspecified atom stereocenters. The molecule has 1 amide bonds. The molecule has 9 heteroatoms. The lowest BCUT2D eigenvalue weighted by Crippen LogP contribution is -2.60. The molecule has 1 fully saturated rings. The molecule has 0 radical (unpaired) electrons. The van der Waals surface area contributed by atoms with E-state index in [1.807, 2.05) is 6.08 Å². The van der Waals surface area contributed by atoms with E-state index in [9.17, 15) is 30.3 Å². The highest BCUT2D eigenvalue weighted by molar-refractivity contribution is 5.76. The van der Waals surface area contributed by atoms with Crippen molar-refractivity contribution in [3.63, 3.8) is 0 Å². The van der Waals surface area contributed by atoms with Gasteiger partial charge < -0.3 is 40.3 Å². The van der Waals surface area contributed by atoms with Crippen LogP contribution in [0.1, 0.15) is 200 Å². The van der Waals surface area contributed by atoms with Gasteiger partial charge in [-0.2, -0.15) is 0 Å². The molecule has 9 nitrogen and oxygen atoms in total. The molecule has 1 aliphatic rings. The minimum Gasteiger partial charge on any atom is -0.394 e. The second kappa shape index (κ2) is 47.5. The molecule has 0 bridgehead atoms. The molecule has 1 heterocycles. The van der Waals surface area contributed by atoms with Gasteiger partial charge >= 0.3 is 0 Å². The van der Waals surface area contributed by atoms with Gasteiger partial charge in [-0.25, -0.2) is 0 Å². The number of amides is 1. The molecule has 1 aliphatic heterocycles. The molecule has 68 heavy (non-hydrogen) atoms. The predicted octanol–water partition coefficient (Wildman–Crippen LogP) is 13.0. The number of rotatable bonds is 44. The second-order valence-electron chi connectivity index (χ2n) is 18.3. The van der Waals surface area contributed by atoms with Crippen LogP contribution in [0.15, 0.2) is 109 Å². The number of unbranched alkanes of at least 4 members (excludes halogenated alkanes) is 18. The number of hydrogen-bond donors (Lipinski definition) is 6. The Kier molecular flexibility index (Phi) is 43.9. The summed E-state index contributed by atoms with van der Waals surface area (Å²) in [5.41, 5.74) is 0. The van der Waals surface area contributed by atoms with Crippen LogP contribution in [0, 0.1) is 0 Å². The predicted molar refractivity (Wildman–Crippen MR) is 285 cm³/mol. The Morgan fingerprint density at radius 3 is 1.41 bits per heavy atom. The van der Waals surface area contributed by atoms with Gasteiger partial charge in [0.2, 0.25) is 5.91 Å². The normalized spacial score (nSPS) is 20.5. The standard InChI is InChI=1S/C59H99NO8/c1-3-5-7-9-11-13-15-17-19-21-23-24-25-26-27-28-29-30-31-33-35-37-39-41-43-45-47-49-55(63)60-52(51-67-59-58(66)57(65)56(64)54(50-61)68-59)53(62)48-46-44-42-40-38-36-34-32-22-20-18-16-14-12-10-8-6-4-2/h5,7,11,13,17,19,22-24,26-27,29-30,32,38,40,46,48,52-54,56-59,61-62,64-66H,3-4,6,8-10,12,14-16,18,20-21,25,28,31,33-37,39,41-45,47,49-51H2,1-2H3,(H,60,63)/b7-5-,13-11-,19-17-,24-23-,27-26-,30-29-,32-22+,40-38+,48-46+.